The van der Waals surface area contributed by atoms with Gasteiger partial charge in [-0.05, 0) is 29.8 Å². The van der Waals surface area contributed by atoms with E-state index in [0.29, 0.717) is 23.6 Å². The molecule has 1 heterocycles. The van der Waals surface area contributed by atoms with Crippen LogP contribution in [0.3, 0.4) is 0 Å². The van der Waals surface area contributed by atoms with E-state index in [-0.39, 0.29) is 5.76 Å². The standard InChI is InChI=1S/C12H12N2O3/c13-6-7-1-2-8(9(14)5-7)10-3-4-11(17-10)12(15)16/h1-5H,6,13-14H2,(H,15,16). The third-order valence-corrected chi connectivity index (χ3v) is 2.43. The van der Waals surface area contributed by atoms with Crippen LogP contribution in [-0.4, -0.2) is 11.1 Å². The average molecular weight is 232 g/mol. The van der Waals surface area contributed by atoms with Crippen LogP contribution in [0.1, 0.15) is 16.1 Å². The summed E-state index contributed by atoms with van der Waals surface area (Å²) in [5.74, 6) is -0.779. The Bertz CT molecular complexity index is 561. The molecule has 0 atom stereocenters. The summed E-state index contributed by atoms with van der Waals surface area (Å²) >= 11 is 0. The smallest absolute Gasteiger partial charge is 0.371 e. The van der Waals surface area contributed by atoms with Crippen LogP contribution in [-0.2, 0) is 6.54 Å². The molecule has 5 nitrogen and oxygen atoms in total. The molecule has 5 N–H and O–H groups in total. The second-order valence-electron chi connectivity index (χ2n) is 3.59. The summed E-state index contributed by atoms with van der Waals surface area (Å²) in [6, 6.07) is 8.32. The number of hydrogen-bond donors (Lipinski definition) is 3. The Morgan fingerprint density at radius 2 is 2.06 bits per heavy atom. The molecule has 0 aliphatic heterocycles. The second-order valence-corrected chi connectivity index (χ2v) is 3.59. The Kier molecular flexibility index (Phi) is 2.84. The highest BCUT2D eigenvalue weighted by Crippen LogP contribution is 2.28. The number of nitrogen functional groups attached to an aromatic ring is 1. The van der Waals surface area contributed by atoms with E-state index in [4.69, 9.17) is 21.0 Å². The third-order valence-electron chi connectivity index (χ3n) is 2.43. The minimum atomic E-state index is -1.10. The fraction of sp³-hybridized carbons (Fsp3) is 0.0833. The van der Waals surface area contributed by atoms with Gasteiger partial charge in [0, 0.05) is 17.8 Å². The van der Waals surface area contributed by atoms with E-state index in [1.807, 2.05) is 6.07 Å². The number of anilines is 1. The zero-order chi connectivity index (χ0) is 12.4. The zero-order valence-electron chi connectivity index (χ0n) is 9.01. The van der Waals surface area contributed by atoms with E-state index in [0.717, 1.165) is 5.56 Å². The monoisotopic (exact) mass is 232 g/mol. The van der Waals surface area contributed by atoms with Crippen molar-refractivity contribution < 1.29 is 14.3 Å². The van der Waals surface area contributed by atoms with Crippen LogP contribution in [0.2, 0.25) is 0 Å². The molecule has 0 spiro atoms. The van der Waals surface area contributed by atoms with Crippen molar-refractivity contribution in [3.63, 3.8) is 0 Å². The normalized spacial score (nSPS) is 10.4. The van der Waals surface area contributed by atoms with E-state index < -0.39 is 5.97 Å². The van der Waals surface area contributed by atoms with Gasteiger partial charge in [-0.3, -0.25) is 0 Å². The molecule has 0 fully saturated rings. The van der Waals surface area contributed by atoms with Crippen molar-refractivity contribution in [1.82, 2.24) is 0 Å². The van der Waals surface area contributed by atoms with Gasteiger partial charge < -0.3 is 21.0 Å². The van der Waals surface area contributed by atoms with Gasteiger partial charge in [-0.15, -0.1) is 0 Å². The van der Waals surface area contributed by atoms with Crippen molar-refractivity contribution in [2.75, 3.05) is 5.73 Å². The first kappa shape index (κ1) is 11.2. The van der Waals surface area contributed by atoms with Crippen LogP contribution in [0.15, 0.2) is 34.7 Å². The highest BCUT2D eigenvalue weighted by atomic mass is 16.4. The number of aromatic carboxylic acids is 1. The molecule has 0 saturated carbocycles. The molecule has 0 saturated heterocycles. The summed E-state index contributed by atoms with van der Waals surface area (Å²) in [4.78, 5) is 10.7. The number of furan rings is 1. The van der Waals surface area contributed by atoms with Crippen LogP contribution < -0.4 is 11.5 Å². The van der Waals surface area contributed by atoms with Crippen LogP contribution in [0.5, 0.6) is 0 Å². The Labute approximate surface area is 97.6 Å². The quantitative estimate of drug-likeness (QED) is 0.699. The van der Waals surface area contributed by atoms with Gasteiger partial charge in [-0.2, -0.15) is 0 Å². The van der Waals surface area contributed by atoms with Crippen molar-refractivity contribution >= 4 is 11.7 Å². The van der Waals surface area contributed by atoms with Gasteiger partial charge in [0.2, 0.25) is 5.76 Å². The average Bonchev–Trinajstić information content (AvgIpc) is 2.78. The molecule has 5 heteroatoms. The molecule has 0 radical (unpaired) electrons. The third kappa shape index (κ3) is 2.14. The van der Waals surface area contributed by atoms with Gasteiger partial charge in [0.1, 0.15) is 5.76 Å². The molecule has 0 aliphatic carbocycles. The summed E-state index contributed by atoms with van der Waals surface area (Å²) < 4.78 is 5.17. The molecule has 0 aliphatic rings. The predicted molar refractivity (Wildman–Crippen MR) is 63.4 cm³/mol. The molecule has 2 rings (SSSR count). The highest BCUT2D eigenvalue weighted by molar-refractivity contribution is 5.86. The first-order valence-electron chi connectivity index (χ1n) is 5.04. The molecule has 88 valence electrons. The maximum absolute atomic E-state index is 10.7. The molecular formula is C12H12N2O3. The lowest BCUT2D eigenvalue weighted by Crippen LogP contribution is -1.98. The Morgan fingerprint density at radius 3 is 2.59 bits per heavy atom. The lowest BCUT2D eigenvalue weighted by atomic mass is 10.1. The number of nitrogens with two attached hydrogens (primary N) is 2. The Balaban J connectivity index is 2.42. The van der Waals surface area contributed by atoms with E-state index in [1.54, 1.807) is 18.2 Å². The van der Waals surface area contributed by atoms with Gasteiger partial charge in [0.15, 0.2) is 0 Å². The van der Waals surface area contributed by atoms with Crippen LogP contribution >= 0.6 is 0 Å². The predicted octanol–water partition coefficient (Wildman–Crippen LogP) is 1.69. The van der Waals surface area contributed by atoms with E-state index in [9.17, 15) is 4.79 Å². The molecule has 0 bridgehead atoms. The van der Waals surface area contributed by atoms with Crippen LogP contribution in [0.25, 0.3) is 11.3 Å². The van der Waals surface area contributed by atoms with Gasteiger partial charge in [0.05, 0.1) is 0 Å². The molecule has 2 aromatic rings. The largest absolute Gasteiger partial charge is 0.475 e. The first-order valence-corrected chi connectivity index (χ1v) is 5.04. The van der Waals surface area contributed by atoms with Gasteiger partial charge in [-0.1, -0.05) is 6.07 Å². The summed E-state index contributed by atoms with van der Waals surface area (Å²) in [6.45, 7) is 0.406. The van der Waals surface area contributed by atoms with Gasteiger partial charge >= 0.3 is 5.97 Å². The molecule has 0 unspecified atom stereocenters. The Morgan fingerprint density at radius 1 is 1.29 bits per heavy atom. The summed E-state index contributed by atoms with van der Waals surface area (Å²) in [5, 5.41) is 8.76. The molecular weight excluding hydrogens is 220 g/mol. The summed E-state index contributed by atoms with van der Waals surface area (Å²) in [7, 11) is 0. The van der Waals surface area contributed by atoms with Crippen LogP contribution in [0, 0.1) is 0 Å². The van der Waals surface area contributed by atoms with E-state index in [1.165, 1.54) is 6.07 Å². The maximum atomic E-state index is 10.7. The minimum absolute atomic E-state index is 0.109. The summed E-state index contributed by atoms with van der Waals surface area (Å²) in [5.41, 5.74) is 13.4. The molecule has 1 aromatic heterocycles. The number of carboxylic acids is 1. The first-order chi connectivity index (χ1) is 8.11. The number of rotatable bonds is 3. The number of carboxylic acid groups (broad SMARTS) is 1. The van der Waals surface area contributed by atoms with Crippen molar-refractivity contribution in [3.8, 4) is 11.3 Å². The Hall–Kier alpha value is -2.27. The number of benzene rings is 1. The lowest BCUT2D eigenvalue weighted by Gasteiger charge is -2.04. The molecule has 0 amide bonds. The molecule has 17 heavy (non-hydrogen) atoms. The maximum Gasteiger partial charge on any atom is 0.371 e. The lowest BCUT2D eigenvalue weighted by molar-refractivity contribution is 0.0663. The van der Waals surface area contributed by atoms with Gasteiger partial charge in [-0.25, -0.2) is 4.79 Å². The SMILES string of the molecule is NCc1ccc(-c2ccc(C(=O)O)o2)c(N)c1. The summed E-state index contributed by atoms with van der Waals surface area (Å²) in [6.07, 6.45) is 0. The van der Waals surface area contributed by atoms with Crippen molar-refractivity contribution in [3.05, 3.63) is 41.7 Å². The van der Waals surface area contributed by atoms with E-state index in [2.05, 4.69) is 0 Å². The second kappa shape index (κ2) is 4.31. The van der Waals surface area contributed by atoms with Crippen molar-refractivity contribution in [1.29, 1.82) is 0 Å². The van der Waals surface area contributed by atoms with E-state index >= 15 is 0 Å². The fourth-order valence-corrected chi connectivity index (χ4v) is 1.56. The molecule has 1 aromatic carbocycles. The minimum Gasteiger partial charge on any atom is -0.475 e. The number of hydrogen-bond acceptors (Lipinski definition) is 4. The van der Waals surface area contributed by atoms with Crippen LogP contribution in [0.4, 0.5) is 5.69 Å². The van der Waals surface area contributed by atoms with Gasteiger partial charge in [0.25, 0.3) is 0 Å². The number of carbonyl (C=O) groups is 1. The van der Waals surface area contributed by atoms with Crippen molar-refractivity contribution in [2.24, 2.45) is 5.73 Å². The highest BCUT2D eigenvalue weighted by Gasteiger charge is 2.12. The zero-order valence-corrected chi connectivity index (χ0v) is 9.01. The fourth-order valence-electron chi connectivity index (χ4n) is 1.56. The van der Waals surface area contributed by atoms with Crippen molar-refractivity contribution in [2.45, 2.75) is 6.54 Å². The topological polar surface area (TPSA) is 102 Å².